The van der Waals surface area contributed by atoms with Gasteiger partial charge in [0.05, 0.1) is 16.2 Å². The molecule has 0 fully saturated rings. The van der Waals surface area contributed by atoms with Gasteiger partial charge < -0.3 is 5.32 Å². The van der Waals surface area contributed by atoms with Crippen LogP contribution in [0.5, 0.6) is 0 Å². The largest absolute Gasteiger partial charge is 0.352 e. The summed E-state index contributed by atoms with van der Waals surface area (Å²) in [6.07, 6.45) is 2.48. The molecule has 1 aromatic heterocycles. The van der Waals surface area contributed by atoms with Crippen molar-refractivity contribution in [1.82, 2.24) is 10.3 Å². The first-order valence-corrected chi connectivity index (χ1v) is 11.5. The Labute approximate surface area is 165 Å². The first kappa shape index (κ1) is 21.4. The van der Waals surface area contributed by atoms with Gasteiger partial charge in [-0.1, -0.05) is 39.0 Å². The van der Waals surface area contributed by atoms with Crippen LogP contribution in [0.25, 0.3) is 0 Å². The average Bonchev–Trinajstić information content (AvgIpc) is 2.61. The van der Waals surface area contributed by atoms with Gasteiger partial charge in [0.15, 0.2) is 9.84 Å². The molecule has 0 unspecified atom stereocenters. The molecule has 0 saturated heterocycles. The summed E-state index contributed by atoms with van der Waals surface area (Å²) in [5.74, 6) is 0.139. The molecule has 2 aromatic rings. The van der Waals surface area contributed by atoms with Gasteiger partial charge in [0, 0.05) is 18.5 Å². The van der Waals surface area contributed by atoms with Crippen LogP contribution in [0.15, 0.2) is 58.6 Å². The zero-order valence-corrected chi connectivity index (χ0v) is 17.6. The van der Waals surface area contributed by atoms with Crippen molar-refractivity contribution in [3.63, 3.8) is 0 Å². The van der Waals surface area contributed by atoms with Gasteiger partial charge >= 0.3 is 0 Å². The summed E-state index contributed by atoms with van der Waals surface area (Å²) < 4.78 is 24.7. The van der Waals surface area contributed by atoms with Crippen molar-refractivity contribution < 1.29 is 13.2 Å². The van der Waals surface area contributed by atoms with Crippen LogP contribution in [0.4, 0.5) is 0 Å². The molecule has 2 rings (SSSR count). The highest BCUT2D eigenvalue weighted by Crippen LogP contribution is 2.22. The lowest BCUT2D eigenvalue weighted by atomic mass is 9.92. The summed E-state index contributed by atoms with van der Waals surface area (Å²) in [6.45, 7) is 6.96. The van der Waals surface area contributed by atoms with Crippen LogP contribution in [-0.4, -0.2) is 37.4 Å². The molecule has 5 nitrogen and oxygen atoms in total. The third-order valence-corrected chi connectivity index (χ3v) is 6.87. The van der Waals surface area contributed by atoms with Crippen LogP contribution in [0, 0.1) is 5.41 Å². The van der Waals surface area contributed by atoms with Crippen molar-refractivity contribution in [2.45, 2.75) is 37.1 Å². The number of amides is 1. The fourth-order valence-electron chi connectivity index (χ4n) is 2.32. The fourth-order valence-corrected chi connectivity index (χ4v) is 4.98. The Morgan fingerprint density at radius 3 is 2.48 bits per heavy atom. The molecule has 0 atom stereocenters. The number of benzene rings is 1. The zero-order valence-electron chi connectivity index (χ0n) is 15.9. The minimum absolute atomic E-state index is 0.0106. The number of hydrogen-bond acceptors (Lipinski definition) is 5. The van der Waals surface area contributed by atoms with Gasteiger partial charge in [-0.05, 0) is 36.1 Å². The predicted molar refractivity (Wildman–Crippen MR) is 110 cm³/mol. The minimum atomic E-state index is -3.34. The second-order valence-corrected chi connectivity index (χ2v) is 10.6. The second-order valence-electron chi connectivity index (χ2n) is 7.40. The third-order valence-electron chi connectivity index (χ3n) is 3.87. The van der Waals surface area contributed by atoms with E-state index in [2.05, 4.69) is 31.1 Å². The Kier molecular flexibility index (Phi) is 7.44. The van der Waals surface area contributed by atoms with E-state index >= 15 is 0 Å². The number of rotatable bonds is 8. The Hall–Kier alpha value is -1.86. The number of hydrogen-bond donors (Lipinski definition) is 1. The van der Waals surface area contributed by atoms with Gasteiger partial charge in [-0.15, -0.1) is 11.8 Å². The number of sulfone groups is 1. The van der Waals surface area contributed by atoms with E-state index in [1.54, 1.807) is 48.7 Å². The Morgan fingerprint density at radius 2 is 1.81 bits per heavy atom. The average molecular weight is 407 g/mol. The molecule has 0 aliphatic carbocycles. The molecule has 1 heterocycles. The van der Waals surface area contributed by atoms with Crippen LogP contribution in [0.1, 0.15) is 37.6 Å². The summed E-state index contributed by atoms with van der Waals surface area (Å²) in [5, 5.41) is 3.47. The van der Waals surface area contributed by atoms with Gasteiger partial charge in [-0.2, -0.15) is 0 Å². The van der Waals surface area contributed by atoms with E-state index in [1.807, 2.05) is 0 Å². The monoisotopic (exact) mass is 406 g/mol. The van der Waals surface area contributed by atoms with Crippen molar-refractivity contribution in [2.24, 2.45) is 5.41 Å². The van der Waals surface area contributed by atoms with E-state index in [0.717, 1.165) is 6.42 Å². The number of nitrogens with one attached hydrogen (secondary N) is 1. The molecule has 1 aromatic carbocycles. The minimum Gasteiger partial charge on any atom is -0.352 e. The molecule has 1 N–H and O–H groups in total. The maximum atomic E-state index is 12.5. The molecule has 0 saturated carbocycles. The van der Waals surface area contributed by atoms with Gasteiger partial charge in [0.1, 0.15) is 5.03 Å². The normalized spacial score (nSPS) is 12.0. The number of pyridine rings is 1. The molecule has 0 aliphatic heterocycles. The van der Waals surface area contributed by atoms with Gasteiger partial charge in [-0.25, -0.2) is 13.4 Å². The van der Waals surface area contributed by atoms with Crippen molar-refractivity contribution >= 4 is 27.5 Å². The highest BCUT2D eigenvalue weighted by molar-refractivity contribution is 8.00. The van der Waals surface area contributed by atoms with Crippen LogP contribution in [0.3, 0.4) is 0 Å². The van der Waals surface area contributed by atoms with Crippen molar-refractivity contribution in [3.05, 3.63) is 54.2 Å². The number of carbonyl (C=O) groups excluding carboxylic acids is 1. The summed E-state index contributed by atoms with van der Waals surface area (Å²) in [5.41, 5.74) is 0.625. The van der Waals surface area contributed by atoms with Crippen molar-refractivity contribution in [1.29, 1.82) is 0 Å². The Morgan fingerprint density at radius 1 is 1.11 bits per heavy atom. The Balaban J connectivity index is 1.96. The highest BCUT2D eigenvalue weighted by atomic mass is 32.2. The van der Waals surface area contributed by atoms with Crippen molar-refractivity contribution in [2.75, 3.05) is 18.1 Å². The summed E-state index contributed by atoms with van der Waals surface area (Å²) in [7, 11) is -3.34. The maximum Gasteiger partial charge on any atom is 0.254 e. The molecule has 27 heavy (non-hydrogen) atoms. The fraction of sp³-hybridized carbons (Fsp3) is 0.400. The van der Waals surface area contributed by atoms with Crippen LogP contribution in [-0.2, 0) is 9.84 Å². The predicted octanol–water partition coefficient (Wildman–Crippen LogP) is 3.81. The molecular formula is C20H26N2O3S2. The number of carbonyl (C=O) groups is 1. The second kappa shape index (κ2) is 9.37. The van der Waals surface area contributed by atoms with E-state index in [1.165, 1.54) is 11.8 Å². The maximum absolute atomic E-state index is 12.5. The first-order valence-electron chi connectivity index (χ1n) is 8.83. The molecule has 7 heteroatoms. The molecular weight excluding hydrogens is 380 g/mol. The summed E-state index contributed by atoms with van der Waals surface area (Å²) in [4.78, 5) is 17.0. The third kappa shape index (κ3) is 6.99. The molecule has 1 amide bonds. The van der Waals surface area contributed by atoms with Gasteiger partial charge in [-0.3, -0.25) is 4.79 Å². The quantitative estimate of drug-likeness (QED) is 0.675. The lowest BCUT2D eigenvalue weighted by Crippen LogP contribution is -2.27. The van der Waals surface area contributed by atoms with E-state index in [4.69, 9.17) is 0 Å². The number of thioether (sulfide) groups is 1. The molecule has 146 valence electrons. The van der Waals surface area contributed by atoms with E-state index in [-0.39, 0.29) is 17.1 Å². The first-order chi connectivity index (χ1) is 12.7. The van der Waals surface area contributed by atoms with Gasteiger partial charge in [0.2, 0.25) is 0 Å². The lowest BCUT2D eigenvalue weighted by Gasteiger charge is -2.18. The Bertz CT molecular complexity index is 860. The smallest absolute Gasteiger partial charge is 0.254 e. The lowest BCUT2D eigenvalue weighted by molar-refractivity contribution is 0.0946. The molecule has 0 radical (unpaired) electrons. The van der Waals surface area contributed by atoms with Crippen LogP contribution >= 0.6 is 11.8 Å². The molecule has 0 aliphatic rings. The molecule has 0 bridgehead atoms. The van der Waals surface area contributed by atoms with E-state index < -0.39 is 9.84 Å². The summed E-state index contributed by atoms with van der Waals surface area (Å²) in [6, 6.07) is 11.8. The summed E-state index contributed by atoms with van der Waals surface area (Å²) >= 11 is 1.28. The van der Waals surface area contributed by atoms with Gasteiger partial charge in [0.25, 0.3) is 5.91 Å². The van der Waals surface area contributed by atoms with Crippen LogP contribution in [0.2, 0.25) is 0 Å². The van der Waals surface area contributed by atoms with Crippen LogP contribution < -0.4 is 5.32 Å². The van der Waals surface area contributed by atoms with E-state index in [9.17, 15) is 13.2 Å². The standard InChI is InChI=1S/C20H26N2O3S2/c1-20(2,3)11-13-21-18(23)17-10-7-12-22-19(17)26-14-15-27(24,25)16-8-5-4-6-9-16/h4-10,12H,11,13-15H2,1-3H3,(H,21,23). The van der Waals surface area contributed by atoms with Crippen molar-refractivity contribution in [3.8, 4) is 0 Å². The number of aromatic nitrogens is 1. The van der Waals surface area contributed by atoms with E-state index in [0.29, 0.717) is 27.8 Å². The molecule has 0 spiro atoms. The number of nitrogens with zero attached hydrogens (tertiary/aromatic N) is 1. The SMILES string of the molecule is CC(C)(C)CCNC(=O)c1cccnc1SCCS(=O)(=O)c1ccccc1. The topological polar surface area (TPSA) is 76.1 Å². The zero-order chi connectivity index (χ0) is 19.9. The highest BCUT2D eigenvalue weighted by Gasteiger charge is 2.17.